The molecule has 1 fully saturated rings. The molecule has 2 aromatic rings. The van der Waals surface area contributed by atoms with E-state index in [9.17, 15) is 18.9 Å². The largest absolute Gasteiger partial charge is 0.292 e. The van der Waals surface area contributed by atoms with Gasteiger partial charge in [-0.25, -0.2) is 8.78 Å². The van der Waals surface area contributed by atoms with Gasteiger partial charge in [0.15, 0.2) is 0 Å². The number of alkyl halides is 2. The predicted octanol–water partition coefficient (Wildman–Crippen LogP) is 3.83. The van der Waals surface area contributed by atoms with Crippen LogP contribution in [-0.2, 0) is 6.54 Å². The molecule has 0 aromatic heterocycles. The molecule has 0 saturated carbocycles. The first-order valence-electron chi connectivity index (χ1n) is 7.34. The molecule has 1 atom stereocenters. The number of non-ortho nitro benzene ring substituents is 1. The lowest BCUT2D eigenvalue weighted by atomic mass is 9.95. The highest BCUT2D eigenvalue weighted by Gasteiger charge is 2.48. The molecule has 4 nitrogen and oxygen atoms in total. The second kappa shape index (κ2) is 6.04. The highest BCUT2D eigenvalue weighted by atomic mass is 19.3. The van der Waals surface area contributed by atoms with Crippen molar-refractivity contribution in [1.82, 2.24) is 4.90 Å². The number of hydrogen-bond donors (Lipinski definition) is 0. The van der Waals surface area contributed by atoms with Gasteiger partial charge in [0.2, 0.25) is 0 Å². The molecule has 1 saturated heterocycles. The van der Waals surface area contributed by atoms with Crippen molar-refractivity contribution in [1.29, 1.82) is 0 Å². The first kappa shape index (κ1) is 15.6. The van der Waals surface area contributed by atoms with Gasteiger partial charge >= 0.3 is 0 Å². The number of halogens is 2. The molecule has 0 aliphatic carbocycles. The number of rotatable bonds is 4. The van der Waals surface area contributed by atoms with Gasteiger partial charge in [-0.3, -0.25) is 15.0 Å². The average molecular weight is 318 g/mol. The van der Waals surface area contributed by atoms with Gasteiger partial charge < -0.3 is 0 Å². The van der Waals surface area contributed by atoms with Gasteiger partial charge in [-0.15, -0.1) is 0 Å². The molecule has 1 unspecified atom stereocenters. The number of nitrogens with zero attached hydrogens (tertiary/aromatic N) is 2. The maximum absolute atomic E-state index is 14.4. The number of nitro groups is 1. The topological polar surface area (TPSA) is 46.4 Å². The van der Waals surface area contributed by atoms with Crippen LogP contribution in [0.15, 0.2) is 54.6 Å². The fraction of sp³-hybridized carbons (Fsp3) is 0.294. The van der Waals surface area contributed by atoms with Crippen molar-refractivity contribution < 1.29 is 13.7 Å². The summed E-state index contributed by atoms with van der Waals surface area (Å²) in [7, 11) is 0. The minimum absolute atomic E-state index is 0.153. The second-order valence-electron chi connectivity index (χ2n) is 5.82. The molecule has 0 spiro atoms. The Kier molecular flexibility index (Phi) is 4.09. The number of likely N-dealkylation sites (tertiary alicyclic amines) is 1. The van der Waals surface area contributed by atoms with E-state index < -0.39 is 16.8 Å². The molecule has 120 valence electrons. The zero-order valence-electron chi connectivity index (χ0n) is 12.4. The van der Waals surface area contributed by atoms with E-state index in [4.69, 9.17) is 0 Å². The van der Waals surface area contributed by atoms with E-state index in [1.807, 2.05) is 30.3 Å². The summed E-state index contributed by atoms with van der Waals surface area (Å²) in [5.41, 5.74) is 1.14. The Morgan fingerprint density at radius 1 is 1.17 bits per heavy atom. The first-order valence-corrected chi connectivity index (χ1v) is 7.34. The summed E-state index contributed by atoms with van der Waals surface area (Å²) in [5, 5.41) is 10.8. The lowest BCUT2D eigenvalue weighted by Gasteiger charge is -2.17. The average Bonchev–Trinajstić information content (AvgIpc) is 2.82. The maximum atomic E-state index is 14.4. The summed E-state index contributed by atoms with van der Waals surface area (Å²) in [5.74, 6) is -3.92. The van der Waals surface area contributed by atoms with Crippen LogP contribution in [-0.4, -0.2) is 28.8 Å². The Morgan fingerprint density at radius 2 is 1.91 bits per heavy atom. The fourth-order valence-electron chi connectivity index (χ4n) is 3.03. The second-order valence-corrected chi connectivity index (χ2v) is 5.82. The number of benzene rings is 2. The summed E-state index contributed by atoms with van der Waals surface area (Å²) >= 11 is 0. The number of nitro benzene ring substituents is 1. The van der Waals surface area contributed by atoms with Gasteiger partial charge in [-0.05, 0) is 11.1 Å². The molecular formula is C17H16F2N2O2. The van der Waals surface area contributed by atoms with E-state index in [1.165, 1.54) is 24.3 Å². The van der Waals surface area contributed by atoms with E-state index in [-0.39, 0.29) is 18.8 Å². The van der Waals surface area contributed by atoms with E-state index in [2.05, 4.69) is 0 Å². The Morgan fingerprint density at radius 3 is 2.61 bits per heavy atom. The van der Waals surface area contributed by atoms with Gasteiger partial charge in [-0.1, -0.05) is 42.5 Å². The smallest absolute Gasteiger partial charge is 0.269 e. The van der Waals surface area contributed by atoms with E-state index in [1.54, 1.807) is 4.90 Å². The van der Waals surface area contributed by atoms with Crippen LogP contribution in [0.5, 0.6) is 0 Å². The third-order valence-electron chi connectivity index (χ3n) is 4.12. The first-order chi connectivity index (χ1) is 11.0. The summed E-state index contributed by atoms with van der Waals surface area (Å²) in [4.78, 5) is 12.0. The third-order valence-corrected chi connectivity index (χ3v) is 4.12. The normalized spacial score (nSPS) is 20.5. The van der Waals surface area contributed by atoms with Crippen molar-refractivity contribution in [3.8, 4) is 0 Å². The van der Waals surface area contributed by atoms with Gasteiger partial charge in [0, 0.05) is 25.2 Å². The van der Waals surface area contributed by atoms with E-state index in [0.717, 1.165) is 5.56 Å². The van der Waals surface area contributed by atoms with Crippen LogP contribution in [0.25, 0.3) is 0 Å². The Labute approximate surface area is 132 Å². The zero-order chi connectivity index (χ0) is 16.4. The lowest BCUT2D eigenvalue weighted by molar-refractivity contribution is -0.384. The van der Waals surface area contributed by atoms with Crippen LogP contribution in [0.4, 0.5) is 14.5 Å². The van der Waals surface area contributed by atoms with Crippen LogP contribution in [0.3, 0.4) is 0 Å². The molecule has 0 N–H and O–H groups in total. The highest BCUT2D eigenvalue weighted by Crippen LogP contribution is 2.41. The molecule has 1 aliphatic heterocycles. The van der Waals surface area contributed by atoms with Crippen molar-refractivity contribution in [2.45, 2.75) is 18.4 Å². The standard InChI is InChI=1S/C17H16F2N2O2/c18-17(19)12-20(10-13-5-2-1-3-6-13)11-16(17)14-7-4-8-15(9-14)21(22)23/h1-9,16H,10-12H2. The maximum Gasteiger partial charge on any atom is 0.269 e. The van der Waals surface area contributed by atoms with Crippen molar-refractivity contribution >= 4 is 5.69 Å². The summed E-state index contributed by atoms with van der Waals surface area (Å²) < 4.78 is 28.7. The van der Waals surface area contributed by atoms with Crippen molar-refractivity contribution in [2.24, 2.45) is 0 Å². The van der Waals surface area contributed by atoms with E-state index in [0.29, 0.717) is 12.1 Å². The van der Waals surface area contributed by atoms with E-state index >= 15 is 0 Å². The number of hydrogen-bond acceptors (Lipinski definition) is 3. The molecule has 23 heavy (non-hydrogen) atoms. The molecule has 2 aromatic carbocycles. The fourth-order valence-corrected chi connectivity index (χ4v) is 3.03. The van der Waals surface area contributed by atoms with Crippen molar-refractivity contribution in [3.63, 3.8) is 0 Å². The van der Waals surface area contributed by atoms with Gasteiger partial charge in [0.1, 0.15) is 0 Å². The summed E-state index contributed by atoms with van der Waals surface area (Å²) in [6, 6.07) is 15.0. The summed E-state index contributed by atoms with van der Waals surface area (Å²) in [6.07, 6.45) is 0. The van der Waals surface area contributed by atoms with Crippen LogP contribution < -0.4 is 0 Å². The Bertz CT molecular complexity index is 707. The van der Waals surface area contributed by atoms with Crippen molar-refractivity contribution in [3.05, 3.63) is 75.8 Å². The molecule has 3 rings (SSSR count). The minimum atomic E-state index is -2.90. The molecule has 6 heteroatoms. The summed E-state index contributed by atoms with van der Waals surface area (Å²) in [6.45, 7) is 0.292. The Hall–Kier alpha value is -2.34. The van der Waals surface area contributed by atoms with Crippen molar-refractivity contribution in [2.75, 3.05) is 13.1 Å². The molecule has 0 bridgehead atoms. The van der Waals surface area contributed by atoms with Crippen LogP contribution >= 0.6 is 0 Å². The minimum Gasteiger partial charge on any atom is -0.292 e. The highest BCUT2D eigenvalue weighted by molar-refractivity contribution is 5.37. The molecule has 0 amide bonds. The molecular weight excluding hydrogens is 302 g/mol. The van der Waals surface area contributed by atoms with Crippen LogP contribution in [0.1, 0.15) is 17.0 Å². The molecule has 1 aliphatic rings. The molecule has 1 heterocycles. The van der Waals surface area contributed by atoms with Gasteiger partial charge in [0.25, 0.3) is 11.6 Å². The Balaban J connectivity index is 1.80. The SMILES string of the molecule is O=[N+]([O-])c1cccc(C2CN(Cc3ccccc3)CC2(F)F)c1. The van der Waals surface area contributed by atoms with Crippen LogP contribution in [0, 0.1) is 10.1 Å². The predicted molar refractivity (Wildman–Crippen MR) is 82.5 cm³/mol. The van der Waals surface area contributed by atoms with Gasteiger partial charge in [0.05, 0.1) is 17.4 Å². The molecule has 0 radical (unpaired) electrons. The third kappa shape index (κ3) is 3.37. The quantitative estimate of drug-likeness (QED) is 0.636. The monoisotopic (exact) mass is 318 g/mol. The zero-order valence-corrected chi connectivity index (χ0v) is 12.4. The van der Waals surface area contributed by atoms with Crippen LogP contribution in [0.2, 0.25) is 0 Å². The van der Waals surface area contributed by atoms with Gasteiger partial charge in [-0.2, -0.15) is 0 Å². The lowest BCUT2D eigenvalue weighted by Crippen LogP contribution is -2.26.